The van der Waals surface area contributed by atoms with E-state index in [1.165, 1.54) is 0 Å². The van der Waals surface area contributed by atoms with E-state index >= 15 is 0 Å². The van der Waals surface area contributed by atoms with Gasteiger partial charge >= 0.3 is 0 Å². The zero-order valence-corrected chi connectivity index (χ0v) is 14.0. The van der Waals surface area contributed by atoms with Gasteiger partial charge in [-0.2, -0.15) is 0 Å². The van der Waals surface area contributed by atoms with E-state index in [9.17, 15) is 5.11 Å². The van der Waals surface area contributed by atoms with Gasteiger partial charge in [0.2, 0.25) is 0 Å². The Kier molecular flexibility index (Phi) is 4.61. The van der Waals surface area contributed by atoms with Gasteiger partial charge in [-0.05, 0) is 32.1 Å². The van der Waals surface area contributed by atoms with Crippen molar-refractivity contribution < 1.29 is 5.11 Å². The Bertz CT molecular complexity index is 356. The predicted octanol–water partition coefficient (Wildman–Crippen LogP) is 4.23. The number of allylic oxidation sites excluding steroid dienone is 1. The average molecular weight is 268 g/mol. The summed E-state index contributed by atoms with van der Waals surface area (Å²) in [6.45, 7) is 17.5. The molecule has 1 aliphatic rings. The first-order valence-electron chi connectivity index (χ1n) is 7.60. The van der Waals surface area contributed by atoms with E-state index in [1.807, 2.05) is 0 Å². The Labute approximate surface area is 119 Å². The Morgan fingerprint density at radius 3 is 2.11 bits per heavy atom. The summed E-state index contributed by atoms with van der Waals surface area (Å²) in [5.41, 5.74) is 4.10. The summed E-state index contributed by atoms with van der Waals surface area (Å²) in [4.78, 5) is 0. The predicted molar refractivity (Wildman–Crippen MR) is 81.7 cm³/mol. The Morgan fingerprint density at radius 1 is 1.21 bits per heavy atom. The first-order chi connectivity index (χ1) is 8.61. The Hall–Kier alpha value is -0.700. The molecule has 0 radical (unpaired) electrons. The molecule has 0 aromatic heterocycles. The van der Waals surface area contributed by atoms with Gasteiger partial charge in [0, 0.05) is 12.0 Å². The van der Waals surface area contributed by atoms with Crippen LogP contribution in [-0.2, 0) is 0 Å². The zero-order chi connectivity index (χ0) is 15.0. The molecule has 112 valence electrons. The van der Waals surface area contributed by atoms with Crippen LogP contribution >= 0.6 is 0 Å². The second-order valence-electron chi connectivity index (χ2n) is 7.13. The molecule has 0 saturated heterocycles. The second kappa shape index (κ2) is 5.35. The van der Waals surface area contributed by atoms with E-state index in [1.54, 1.807) is 0 Å². The van der Waals surface area contributed by atoms with Crippen molar-refractivity contribution in [3.63, 3.8) is 0 Å². The molecule has 3 nitrogen and oxygen atoms in total. The third-order valence-electron chi connectivity index (χ3n) is 5.04. The van der Waals surface area contributed by atoms with E-state index in [4.69, 9.17) is 0 Å². The van der Waals surface area contributed by atoms with Crippen molar-refractivity contribution in [1.82, 2.24) is 10.4 Å². The lowest BCUT2D eigenvalue weighted by Gasteiger charge is -2.47. The molecule has 1 heterocycles. The molecule has 0 bridgehead atoms. The van der Waals surface area contributed by atoms with Crippen molar-refractivity contribution >= 4 is 0 Å². The SMILES string of the molecule is CCC(C)C1=C(O)C(C)(C(C)(C)C)N(C(C)CC)N1. The quantitative estimate of drug-likeness (QED) is 0.801. The van der Waals surface area contributed by atoms with Crippen LogP contribution in [0.2, 0.25) is 0 Å². The standard InChI is InChI=1S/C16H32N2O/c1-9-11(3)13-14(19)16(8,15(5,6)7)18(17-13)12(4)10-2/h11-12,17,19H,9-10H2,1-8H3. The van der Waals surface area contributed by atoms with E-state index in [0.717, 1.165) is 18.5 Å². The van der Waals surface area contributed by atoms with E-state index < -0.39 is 0 Å². The minimum atomic E-state index is -0.360. The number of aliphatic hydroxyl groups excluding tert-OH is 1. The highest BCUT2D eigenvalue weighted by molar-refractivity contribution is 5.29. The highest BCUT2D eigenvalue weighted by atomic mass is 16.3. The monoisotopic (exact) mass is 268 g/mol. The van der Waals surface area contributed by atoms with Gasteiger partial charge in [-0.15, -0.1) is 0 Å². The number of rotatable bonds is 4. The first kappa shape index (κ1) is 16.4. The lowest BCUT2D eigenvalue weighted by Crippen LogP contribution is -2.59. The summed E-state index contributed by atoms with van der Waals surface area (Å²) in [6, 6.07) is 0.382. The largest absolute Gasteiger partial charge is 0.508 e. The van der Waals surface area contributed by atoms with Crippen LogP contribution in [0.3, 0.4) is 0 Å². The maximum absolute atomic E-state index is 10.8. The van der Waals surface area contributed by atoms with Gasteiger partial charge in [0.15, 0.2) is 0 Å². The summed E-state index contributed by atoms with van der Waals surface area (Å²) in [6.07, 6.45) is 2.08. The summed E-state index contributed by atoms with van der Waals surface area (Å²) in [5, 5.41) is 13.1. The molecular weight excluding hydrogens is 236 g/mol. The zero-order valence-electron chi connectivity index (χ0n) is 14.0. The van der Waals surface area contributed by atoms with Gasteiger partial charge in [-0.3, -0.25) is 0 Å². The van der Waals surface area contributed by atoms with Crippen LogP contribution in [0.25, 0.3) is 0 Å². The molecule has 0 amide bonds. The van der Waals surface area contributed by atoms with Crippen molar-refractivity contribution in [1.29, 1.82) is 0 Å². The molecule has 3 atom stereocenters. The second-order valence-corrected chi connectivity index (χ2v) is 7.13. The fraction of sp³-hybridized carbons (Fsp3) is 0.875. The molecule has 0 saturated carbocycles. The Balaban J connectivity index is 3.29. The van der Waals surface area contributed by atoms with Crippen LogP contribution in [0.15, 0.2) is 11.5 Å². The van der Waals surface area contributed by atoms with Gasteiger partial charge in [-0.1, -0.05) is 41.5 Å². The molecule has 3 unspecified atom stereocenters. The van der Waals surface area contributed by atoms with Crippen molar-refractivity contribution in [2.75, 3.05) is 0 Å². The minimum absolute atomic E-state index is 0.0390. The molecule has 0 aromatic rings. The smallest absolute Gasteiger partial charge is 0.135 e. The van der Waals surface area contributed by atoms with E-state index in [-0.39, 0.29) is 11.0 Å². The van der Waals surface area contributed by atoms with Crippen LogP contribution in [0.4, 0.5) is 0 Å². The van der Waals surface area contributed by atoms with Crippen LogP contribution in [-0.4, -0.2) is 21.7 Å². The third-order valence-corrected chi connectivity index (χ3v) is 5.04. The van der Waals surface area contributed by atoms with Crippen molar-refractivity contribution in [2.24, 2.45) is 11.3 Å². The van der Waals surface area contributed by atoms with Gasteiger partial charge in [0.1, 0.15) is 11.3 Å². The molecule has 19 heavy (non-hydrogen) atoms. The summed E-state index contributed by atoms with van der Waals surface area (Å²) >= 11 is 0. The van der Waals surface area contributed by atoms with Gasteiger partial charge in [-0.25, -0.2) is 5.01 Å². The fourth-order valence-electron chi connectivity index (χ4n) is 2.67. The number of nitrogens with zero attached hydrogens (tertiary/aromatic N) is 1. The van der Waals surface area contributed by atoms with Crippen molar-refractivity contribution in [2.45, 2.75) is 79.8 Å². The van der Waals surface area contributed by atoms with Crippen molar-refractivity contribution in [3.05, 3.63) is 11.5 Å². The van der Waals surface area contributed by atoms with Crippen LogP contribution in [0, 0.1) is 11.3 Å². The lowest BCUT2D eigenvalue weighted by atomic mass is 9.72. The fourth-order valence-corrected chi connectivity index (χ4v) is 2.67. The minimum Gasteiger partial charge on any atom is -0.508 e. The Morgan fingerprint density at radius 2 is 1.74 bits per heavy atom. The van der Waals surface area contributed by atoms with Crippen LogP contribution < -0.4 is 5.43 Å². The average Bonchev–Trinajstić information content (AvgIpc) is 2.61. The van der Waals surface area contributed by atoms with E-state index in [0.29, 0.717) is 17.7 Å². The number of hydrazine groups is 1. The number of hydrogen-bond acceptors (Lipinski definition) is 3. The molecule has 1 rings (SSSR count). The molecule has 0 fully saturated rings. The first-order valence-corrected chi connectivity index (χ1v) is 7.60. The molecule has 3 heteroatoms. The maximum Gasteiger partial charge on any atom is 0.135 e. The molecule has 0 aliphatic carbocycles. The summed E-state index contributed by atoms with van der Waals surface area (Å²) in [7, 11) is 0. The molecule has 1 aliphatic heterocycles. The topological polar surface area (TPSA) is 35.5 Å². The van der Waals surface area contributed by atoms with Crippen LogP contribution in [0.1, 0.15) is 68.2 Å². The number of hydrogen-bond donors (Lipinski definition) is 2. The number of nitrogens with one attached hydrogen (secondary N) is 1. The van der Waals surface area contributed by atoms with Gasteiger partial charge in [0.25, 0.3) is 0 Å². The third kappa shape index (κ3) is 2.49. The van der Waals surface area contributed by atoms with Crippen LogP contribution in [0.5, 0.6) is 0 Å². The van der Waals surface area contributed by atoms with Crippen molar-refractivity contribution in [3.8, 4) is 0 Å². The maximum atomic E-state index is 10.8. The molecule has 0 spiro atoms. The highest BCUT2D eigenvalue weighted by Gasteiger charge is 2.53. The van der Waals surface area contributed by atoms with E-state index in [2.05, 4.69) is 65.8 Å². The summed E-state index contributed by atoms with van der Waals surface area (Å²) in [5.74, 6) is 0.880. The molecule has 2 N–H and O–H groups in total. The highest BCUT2D eigenvalue weighted by Crippen LogP contribution is 2.46. The van der Waals surface area contributed by atoms with Gasteiger partial charge in [0.05, 0.1) is 5.70 Å². The lowest BCUT2D eigenvalue weighted by molar-refractivity contribution is -0.0256. The number of aliphatic hydroxyl groups is 1. The van der Waals surface area contributed by atoms with Gasteiger partial charge < -0.3 is 10.5 Å². The molecule has 0 aromatic carbocycles. The normalized spacial score (nSPS) is 28.4. The summed E-state index contributed by atoms with van der Waals surface area (Å²) < 4.78 is 0. The molecular formula is C16H32N2O.